The minimum absolute atomic E-state index is 0.144. The normalized spacial score (nSPS) is 9.93. The van der Waals surface area contributed by atoms with Crippen LogP contribution in [-0.2, 0) is 11.2 Å². The third-order valence-electron chi connectivity index (χ3n) is 2.13. The topological polar surface area (TPSA) is 29.1 Å². The van der Waals surface area contributed by atoms with Crippen LogP contribution in [0.15, 0.2) is 30.3 Å². The third-order valence-corrected chi connectivity index (χ3v) is 2.53. The van der Waals surface area contributed by atoms with Crippen LogP contribution in [-0.4, -0.2) is 17.8 Å². The minimum atomic E-state index is 0.144. The molecular formula is C12H16BrNO. The molecule has 0 bridgehead atoms. The summed E-state index contributed by atoms with van der Waals surface area (Å²) >= 11 is 3.27. The van der Waals surface area contributed by atoms with Gasteiger partial charge in [0.25, 0.3) is 0 Å². The Morgan fingerprint density at radius 1 is 1.27 bits per heavy atom. The van der Waals surface area contributed by atoms with Crippen LogP contribution in [0.2, 0.25) is 0 Å². The van der Waals surface area contributed by atoms with E-state index < -0.39 is 0 Å². The first-order chi connectivity index (χ1) is 7.33. The molecule has 1 amide bonds. The highest BCUT2D eigenvalue weighted by Crippen LogP contribution is 2.04. The Morgan fingerprint density at radius 2 is 2.00 bits per heavy atom. The fourth-order valence-corrected chi connectivity index (χ4v) is 1.57. The Hall–Kier alpha value is -0.830. The summed E-state index contributed by atoms with van der Waals surface area (Å²) in [5.74, 6) is 0.144. The summed E-state index contributed by atoms with van der Waals surface area (Å²) in [4.78, 5) is 11.3. The molecule has 1 rings (SSSR count). The van der Waals surface area contributed by atoms with Crippen LogP contribution in [0.4, 0.5) is 0 Å². The fourth-order valence-electron chi connectivity index (χ4n) is 1.37. The fraction of sp³-hybridized carbons (Fsp3) is 0.417. The van der Waals surface area contributed by atoms with Crippen molar-refractivity contribution in [3.8, 4) is 0 Å². The maximum atomic E-state index is 11.3. The maximum absolute atomic E-state index is 11.3. The summed E-state index contributed by atoms with van der Waals surface area (Å²) < 4.78 is 0. The predicted octanol–water partition coefficient (Wildman–Crippen LogP) is 2.52. The van der Waals surface area contributed by atoms with Crippen molar-refractivity contribution in [2.24, 2.45) is 0 Å². The van der Waals surface area contributed by atoms with Gasteiger partial charge in [-0.1, -0.05) is 46.3 Å². The van der Waals surface area contributed by atoms with E-state index in [0.29, 0.717) is 13.0 Å². The van der Waals surface area contributed by atoms with Crippen LogP contribution in [0.3, 0.4) is 0 Å². The molecule has 2 nitrogen and oxygen atoms in total. The van der Waals surface area contributed by atoms with Gasteiger partial charge >= 0.3 is 0 Å². The number of aryl methyl sites for hydroxylation is 1. The number of carbonyl (C=O) groups excluding carboxylic acids is 1. The Balaban J connectivity index is 2.14. The molecule has 0 heterocycles. The molecule has 1 N–H and O–H groups in total. The lowest BCUT2D eigenvalue weighted by molar-refractivity contribution is -0.121. The van der Waals surface area contributed by atoms with Gasteiger partial charge in [0.05, 0.1) is 0 Å². The van der Waals surface area contributed by atoms with Crippen molar-refractivity contribution < 1.29 is 4.79 Å². The lowest BCUT2D eigenvalue weighted by atomic mass is 10.1. The van der Waals surface area contributed by atoms with Crippen molar-refractivity contribution in [3.63, 3.8) is 0 Å². The van der Waals surface area contributed by atoms with Gasteiger partial charge < -0.3 is 5.32 Å². The highest BCUT2D eigenvalue weighted by molar-refractivity contribution is 9.09. The molecule has 0 aromatic heterocycles. The Morgan fingerprint density at radius 3 is 2.67 bits per heavy atom. The van der Waals surface area contributed by atoms with E-state index >= 15 is 0 Å². The minimum Gasteiger partial charge on any atom is -0.355 e. The number of hydrogen-bond donors (Lipinski definition) is 1. The molecule has 82 valence electrons. The lowest BCUT2D eigenvalue weighted by Gasteiger charge is -2.03. The highest BCUT2D eigenvalue weighted by atomic mass is 79.9. The molecule has 0 radical (unpaired) electrons. The first kappa shape index (κ1) is 12.2. The Labute approximate surface area is 99.2 Å². The zero-order valence-corrected chi connectivity index (χ0v) is 10.3. The van der Waals surface area contributed by atoms with E-state index in [2.05, 4.69) is 33.4 Å². The van der Waals surface area contributed by atoms with Gasteiger partial charge in [0.15, 0.2) is 0 Å². The van der Waals surface area contributed by atoms with E-state index in [9.17, 15) is 4.79 Å². The molecule has 0 saturated carbocycles. The number of alkyl halides is 1. The van der Waals surface area contributed by atoms with Crippen LogP contribution < -0.4 is 5.32 Å². The van der Waals surface area contributed by atoms with Gasteiger partial charge in [0, 0.05) is 18.3 Å². The van der Waals surface area contributed by atoms with Gasteiger partial charge in [-0.25, -0.2) is 0 Å². The first-order valence-electron chi connectivity index (χ1n) is 5.19. The van der Waals surface area contributed by atoms with Gasteiger partial charge in [-0.2, -0.15) is 0 Å². The summed E-state index contributed by atoms with van der Waals surface area (Å²) in [6.45, 7) is 0.712. The van der Waals surface area contributed by atoms with E-state index in [0.717, 1.165) is 18.2 Å². The molecule has 0 spiro atoms. The molecule has 0 aliphatic rings. The molecule has 0 unspecified atom stereocenters. The highest BCUT2D eigenvalue weighted by Gasteiger charge is 1.99. The first-order valence-corrected chi connectivity index (χ1v) is 6.31. The van der Waals surface area contributed by atoms with Gasteiger partial charge in [0.1, 0.15) is 0 Å². The number of nitrogens with one attached hydrogen (secondary N) is 1. The molecule has 1 aromatic carbocycles. The van der Waals surface area contributed by atoms with Crippen LogP contribution in [0.5, 0.6) is 0 Å². The summed E-state index contributed by atoms with van der Waals surface area (Å²) in [6.07, 6.45) is 2.50. The molecule has 0 saturated heterocycles. The van der Waals surface area contributed by atoms with Crippen molar-refractivity contribution in [1.82, 2.24) is 5.32 Å². The second-order valence-corrected chi connectivity index (χ2v) is 4.17. The van der Waals surface area contributed by atoms with Gasteiger partial charge in [-0.15, -0.1) is 0 Å². The number of amides is 1. The molecule has 0 aliphatic heterocycles. The zero-order chi connectivity index (χ0) is 10.9. The van der Waals surface area contributed by atoms with Gasteiger partial charge in [-0.3, -0.25) is 4.79 Å². The number of rotatable bonds is 6. The van der Waals surface area contributed by atoms with Crippen molar-refractivity contribution in [3.05, 3.63) is 35.9 Å². The Bertz CT molecular complexity index is 287. The van der Waals surface area contributed by atoms with Crippen LogP contribution in [0.25, 0.3) is 0 Å². The van der Waals surface area contributed by atoms with Crippen LogP contribution in [0.1, 0.15) is 18.4 Å². The zero-order valence-electron chi connectivity index (χ0n) is 8.71. The standard InChI is InChI=1S/C12H16BrNO/c13-9-10-14-12(15)8-4-7-11-5-2-1-3-6-11/h1-3,5-6H,4,7-10H2,(H,14,15). The van der Waals surface area contributed by atoms with E-state index in [4.69, 9.17) is 0 Å². The summed E-state index contributed by atoms with van der Waals surface area (Å²) in [7, 11) is 0. The number of benzene rings is 1. The molecule has 1 aromatic rings. The smallest absolute Gasteiger partial charge is 0.220 e. The largest absolute Gasteiger partial charge is 0.355 e. The van der Waals surface area contributed by atoms with Gasteiger partial charge in [-0.05, 0) is 18.4 Å². The number of halogens is 1. The van der Waals surface area contributed by atoms with Crippen molar-refractivity contribution in [2.75, 3.05) is 11.9 Å². The monoisotopic (exact) mass is 269 g/mol. The molecule has 3 heteroatoms. The summed E-state index contributed by atoms with van der Waals surface area (Å²) in [6, 6.07) is 10.2. The molecule has 0 fully saturated rings. The summed E-state index contributed by atoms with van der Waals surface area (Å²) in [5, 5.41) is 3.65. The van der Waals surface area contributed by atoms with Crippen molar-refractivity contribution in [1.29, 1.82) is 0 Å². The average molecular weight is 270 g/mol. The van der Waals surface area contributed by atoms with Crippen molar-refractivity contribution >= 4 is 21.8 Å². The molecule has 0 atom stereocenters. The second kappa shape index (κ2) is 7.46. The SMILES string of the molecule is O=C(CCCc1ccccc1)NCCBr. The van der Waals surface area contributed by atoms with Crippen molar-refractivity contribution in [2.45, 2.75) is 19.3 Å². The quantitative estimate of drug-likeness (QED) is 0.791. The van der Waals surface area contributed by atoms with Crippen LogP contribution >= 0.6 is 15.9 Å². The molecule has 15 heavy (non-hydrogen) atoms. The number of hydrogen-bond acceptors (Lipinski definition) is 1. The van der Waals surface area contributed by atoms with E-state index in [1.165, 1.54) is 5.56 Å². The average Bonchev–Trinajstić information content (AvgIpc) is 2.28. The maximum Gasteiger partial charge on any atom is 0.220 e. The summed E-state index contributed by atoms with van der Waals surface area (Å²) in [5.41, 5.74) is 1.30. The van der Waals surface area contributed by atoms with E-state index in [1.807, 2.05) is 18.2 Å². The second-order valence-electron chi connectivity index (χ2n) is 3.38. The number of carbonyl (C=O) groups is 1. The lowest BCUT2D eigenvalue weighted by Crippen LogP contribution is -2.24. The third kappa shape index (κ3) is 5.57. The van der Waals surface area contributed by atoms with E-state index in [1.54, 1.807) is 0 Å². The molecule has 0 aliphatic carbocycles. The van der Waals surface area contributed by atoms with Gasteiger partial charge in [0.2, 0.25) is 5.91 Å². The predicted molar refractivity (Wildman–Crippen MR) is 66.2 cm³/mol. The van der Waals surface area contributed by atoms with Crippen LogP contribution in [0, 0.1) is 0 Å². The van der Waals surface area contributed by atoms with E-state index in [-0.39, 0.29) is 5.91 Å². The Kier molecular flexibility index (Phi) is 6.09. The molecular weight excluding hydrogens is 254 g/mol.